The summed E-state index contributed by atoms with van der Waals surface area (Å²) in [6.45, 7) is 0. The average Bonchev–Trinajstić information content (AvgIpc) is 3.38. The Morgan fingerprint density at radius 3 is 2.28 bits per heavy atom. The van der Waals surface area contributed by atoms with E-state index in [1.54, 1.807) is 59.5 Å². The summed E-state index contributed by atoms with van der Waals surface area (Å²) in [5, 5.41) is 4.12. The van der Waals surface area contributed by atoms with Gasteiger partial charge in [-0.2, -0.15) is 5.10 Å². The molecule has 7 heteroatoms. The highest BCUT2D eigenvalue weighted by Gasteiger charge is 2.36. The van der Waals surface area contributed by atoms with Gasteiger partial charge in [-0.25, -0.2) is 14.6 Å². The van der Waals surface area contributed by atoms with Crippen molar-refractivity contribution in [2.24, 2.45) is 0 Å². The van der Waals surface area contributed by atoms with E-state index < -0.39 is 5.91 Å². The molecule has 4 aromatic rings. The van der Waals surface area contributed by atoms with Crippen LogP contribution in [0.25, 0.3) is 17.3 Å². The molecule has 0 N–H and O–H groups in total. The van der Waals surface area contributed by atoms with Crippen molar-refractivity contribution < 1.29 is 14.3 Å². The van der Waals surface area contributed by atoms with E-state index in [9.17, 15) is 9.59 Å². The topological polar surface area (TPSA) is 77.3 Å². The van der Waals surface area contributed by atoms with Gasteiger partial charge < -0.3 is 4.74 Å². The quantitative estimate of drug-likeness (QED) is 0.367. The molecule has 1 aliphatic heterocycles. The number of carbonyl (C=O) groups is 2. The Kier molecular flexibility index (Phi) is 4.84. The largest absolute Gasteiger partial charge is 0.495 e. The van der Waals surface area contributed by atoms with Gasteiger partial charge in [0, 0.05) is 11.1 Å². The van der Waals surface area contributed by atoms with Crippen LogP contribution in [0.5, 0.6) is 5.75 Å². The van der Waals surface area contributed by atoms with Crippen molar-refractivity contribution in [2.75, 3.05) is 12.0 Å². The molecule has 0 radical (unpaired) electrons. The molecule has 0 aliphatic carbocycles. The monoisotopic (exact) mass is 422 g/mol. The number of hydrogen-bond donors (Lipinski definition) is 0. The molecule has 32 heavy (non-hydrogen) atoms. The lowest BCUT2D eigenvalue weighted by Gasteiger charge is -2.29. The number of ether oxygens (including phenoxy) is 1. The highest BCUT2D eigenvalue weighted by molar-refractivity contribution is 6.43. The summed E-state index contributed by atoms with van der Waals surface area (Å²) in [4.78, 5) is 32.0. The standard InChI is InChI=1S/C25H18N4O3/c1-32-23-9-5-4-8-22(23)29-24(30)20-7-3-2-6-19(20)21(25(29)31)14-17-10-12-18(13-11-17)28-16-26-15-27-28/h2-16H,1H3/b21-14-. The van der Waals surface area contributed by atoms with Crippen LogP contribution in [0.2, 0.25) is 0 Å². The van der Waals surface area contributed by atoms with Gasteiger partial charge in [0.05, 0.1) is 18.5 Å². The van der Waals surface area contributed by atoms with E-state index in [0.717, 1.165) is 11.3 Å². The van der Waals surface area contributed by atoms with Crippen LogP contribution in [-0.4, -0.2) is 33.7 Å². The zero-order valence-electron chi connectivity index (χ0n) is 17.2. The second kappa shape index (κ2) is 7.96. The molecule has 0 spiro atoms. The van der Waals surface area contributed by atoms with Crippen LogP contribution in [0.4, 0.5) is 5.69 Å². The molecule has 0 saturated heterocycles. The van der Waals surface area contributed by atoms with Gasteiger partial charge in [-0.3, -0.25) is 9.59 Å². The van der Waals surface area contributed by atoms with Gasteiger partial charge in [-0.05, 0) is 47.5 Å². The lowest BCUT2D eigenvalue weighted by atomic mass is 9.91. The van der Waals surface area contributed by atoms with Crippen LogP contribution in [0.1, 0.15) is 21.5 Å². The number of aromatic nitrogens is 3. The molecule has 0 fully saturated rings. The average molecular weight is 422 g/mol. The molecule has 0 saturated carbocycles. The summed E-state index contributed by atoms with van der Waals surface area (Å²) in [5.41, 5.74) is 3.58. The summed E-state index contributed by atoms with van der Waals surface area (Å²) in [7, 11) is 1.51. The third kappa shape index (κ3) is 3.26. The Bertz CT molecular complexity index is 1340. The molecular formula is C25H18N4O3. The van der Waals surface area contributed by atoms with Gasteiger partial charge in [0.25, 0.3) is 11.8 Å². The summed E-state index contributed by atoms with van der Waals surface area (Å²) in [6, 6.07) is 21.7. The second-order valence-corrected chi connectivity index (χ2v) is 7.15. The van der Waals surface area contributed by atoms with E-state index in [1.165, 1.54) is 18.3 Å². The lowest BCUT2D eigenvalue weighted by molar-refractivity contribution is -0.112. The van der Waals surface area contributed by atoms with Crippen LogP contribution in [0, 0.1) is 0 Å². The summed E-state index contributed by atoms with van der Waals surface area (Å²) < 4.78 is 7.06. The van der Waals surface area contributed by atoms with Gasteiger partial charge in [0.2, 0.25) is 0 Å². The normalized spacial score (nSPS) is 14.5. The van der Waals surface area contributed by atoms with Gasteiger partial charge in [-0.1, -0.05) is 42.5 Å². The molecule has 7 nitrogen and oxygen atoms in total. The van der Waals surface area contributed by atoms with Gasteiger partial charge in [0.15, 0.2) is 0 Å². The maximum absolute atomic E-state index is 13.6. The van der Waals surface area contributed by atoms with E-state index in [2.05, 4.69) is 10.1 Å². The lowest BCUT2D eigenvalue weighted by Crippen LogP contribution is -2.42. The minimum absolute atomic E-state index is 0.381. The molecule has 3 aromatic carbocycles. The number of carbonyl (C=O) groups excluding carboxylic acids is 2. The number of methoxy groups -OCH3 is 1. The molecule has 2 amide bonds. The Balaban J connectivity index is 1.62. The fourth-order valence-electron chi connectivity index (χ4n) is 3.76. The maximum atomic E-state index is 13.6. The predicted octanol–water partition coefficient (Wildman–Crippen LogP) is 4.00. The maximum Gasteiger partial charge on any atom is 0.266 e. The Morgan fingerprint density at radius 1 is 0.844 bits per heavy atom. The fourth-order valence-corrected chi connectivity index (χ4v) is 3.76. The smallest absolute Gasteiger partial charge is 0.266 e. The van der Waals surface area contributed by atoms with Crippen LogP contribution < -0.4 is 9.64 Å². The number of hydrogen-bond acceptors (Lipinski definition) is 5. The van der Waals surface area contributed by atoms with Crippen molar-refractivity contribution in [1.29, 1.82) is 0 Å². The Hall–Kier alpha value is -4.52. The molecule has 1 aromatic heterocycles. The fraction of sp³-hybridized carbons (Fsp3) is 0.0400. The minimum Gasteiger partial charge on any atom is -0.495 e. The van der Waals surface area contributed by atoms with Crippen LogP contribution in [0.3, 0.4) is 0 Å². The highest BCUT2D eigenvalue weighted by Crippen LogP contribution is 2.37. The third-order valence-electron chi connectivity index (χ3n) is 5.30. The minimum atomic E-state index is -0.404. The first-order valence-electron chi connectivity index (χ1n) is 9.95. The molecule has 0 bridgehead atoms. The van der Waals surface area contributed by atoms with Crippen molar-refractivity contribution in [2.45, 2.75) is 0 Å². The first kappa shape index (κ1) is 19.4. The van der Waals surface area contributed by atoms with E-state index in [4.69, 9.17) is 4.74 Å². The number of amides is 2. The number of para-hydroxylation sites is 2. The first-order valence-corrected chi connectivity index (χ1v) is 9.95. The number of nitrogens with zero attached hydrogens (tertiary/aromatic N) is 4. The summed E-state index contributed by atoms with van der Waals surface area (Å²) in [5.74, 6) is -0.336. The number of imide groups is 1. The van der Waals surface area contributed by atoms with Crippen LogP contribution in [-0.2, 0) is 4.79 Å². The SMILES string of the molecule is COc1ccccc1N1C(=O)/C(=C\c2ccc(-n3cncn3)cc2)c2ccccc2C1=O. The molecule has 156 valence electrons. The Morgan fingerprint density at radius 2 is 1.56 bits per heavy atom. The van der Waals surface area contributed by atoms with Crippen molar-refractivity contribution in [3.05, 3.63) is 102 Å². The molecular weight excluding hydrogens is 404 g/mol. The zero-order chi connectivity index (χ0) is 22.1. The number of anilines is 1. The number of benzene rings is 3. The van der Waals surface area contributed by atoms with Gasteiger partial charge in [-0.15, -0.1) is 0 Å². The van der Waals surface area contributed by atoms with Crippen molar-refractivity contribution in [3.8, 4) is 11.4 Å². The zero-order valence-corrected chi connectivity index (χ0v) is 17.2. The van der Waals surface area contributed by atoms with Crippen molar-refractivity contribution in [1.82, 2.24) is 14.8 Å². The summed E-state index contributed by atoms with van der Waals surface area (Å²) in [6.07, 6.45) is 4.88. The molecule has 0 unspecified atom stereocenters. The second-order valence-electron chi connectivity index (χ2n) is 7.15. The molecule has 2 heterocycles. The Labute approximate surface area is 184 Å². The van der Waals surface area contributed by atoms with Gasteiger partial charge in [0.1, 0.15) is 18.4 Å². The predicted molar refractivity (Wildman–Crippen MR) is 120 cm³/mol. The number of rotatable bonds is 4. The molecule has 1 aliphatic rings. The number of fused-ring (bicyclic) bond motifs is 1. The molecule has 0 atom stereocenters. The highest BCUT2D eigenvalue weighted by atomic mass is 16.5. The third-order valence-corrected chi connectivity index (χ3v) is 5.30. The summed E-state index contributed by atoms with van der Waals surface area (Å²) >= 11 is 0. The molecule has 5 rings (SSSR count). The van der Waals surface area contributed by atoms with E-state index in [0.29, 0.717) is 28.1 Å². The van der Waals surface area contributed by atoms with Gasteiger partial charge >= 0.3 is 0 Å². The van der Waals surface area contributed by atoms with Crippen LogP contribution >= 0.6 is 0 Å². The van der Waals surface area contributed by atoms with Crippen molar-refractivity contribution in [3.63, 3.8) is 0 Å². The van der Waals surface area contributed by atoms with Crippen molar-refractivity contribution >= 4 is 29.2 Å². The van der Waals surface area contributed by atoms with E-state index in [-0.39, 0.29) is 5.91 Å². The first-order chi connectivity index (χ1) is 15.7. The van der Waals surface area contributed by atoms with E-state index in [1.807, 2.05) is 30.3 Å². The van der Waals surface area contributed by atoms with E-state index >= 15 is 0 Å². The van der Waals surface area contributed by atoms with Crippen LogP contribution in [0.15, 0.2) is 85.5 Å².